The summed E-state index contributed by atoms with van der Waals surface area (Å²) in [6.07, 6.45) is 1.02. The van der Waals surface area contributed by atoms with Crippen LogP contribution in [0.4, 0.5) is 0 Å². The number of hydrogen-bond donors (Lipinski definition) is 0. The number of ether oxygens (including phenoxy) is 2. The van der Waals surface area contributed by atoms with E-state index in [0.717, 1.165) is 6.42 Å². The third kappa shape index (κ3) is 5.38. The van der Waals surface area contributed by atoms with Gasteiger partial charge in [0.1, 0.15) is 5.75 Å². The second kappa shape index (κ2) is 5.71. The largest absolute Gasteiger partial charge is 0.482 e. The highest BCUT2D eigenvalue weighted by Crippen LogP contribution is 2.22. The predicted octanol–water partition coefficient (Wildman–Crippen LogP) is 2.83. The first-order chi connectivity index (χ1) is 7.90. The first-order valence-corrected chi connectivity index (χ1v) is 5.69. The Kier molecular flexibility index (Phi) is 4.55. The van der Waals surface area contributed by atoms with Crippen molar-refractivity contribution in [3.8, 4) is 5.75 Å². The quantitative estimate of drug-likeness (QED) is 0.754. The summed E-state index contributed by atoms with van der Waals surface area (Å²) < 4.78 is 9.77. The molecule has 1 rings (SSSR count). The minimum absolute atomic E-state index is 0.0465. The first kappa shape index (κ1) is 13.6. The smallest absolute Gasteiger partial charge is 0.343 e. The molecule has 17 heavy (non-hydrogen) atoms. The molecule has 0 aliphatic carbocycles. The van der Waals surface area contributed by atoms with Crippen molar-refractivity contribution in [2.75, 3.05) is 13.7 Å². The van der Waals surface area contributed by atoms with E-state index in [1.807, 2.05) is 24.3 Å². The van der Waals surface area contributed by atoms with Crippen molar-refractivity contribution < 1.29 is 14.3 Å². The molecule has 0 unspecified atom stereocenters. The molecule has 0 amide bonds. The zero-order valence-corrected chi connectivity index (χ0v) is 10.9. The van der Waals surface area contributed by atoms with Gasteiger partial charge in [0.05, 0.1) is 7.11 Å². The maximum atomic E-state index is 10.9. The van der Waals surface area contributed by atoms with E-state index >= 15 is 0 Å². The van der Waals surface area contributed by atoms with Gasteiger partial charge in [-0.15, -0.1) is 0 Å². The van der Waals surface area contributed by atoms with Gasteiger partial charge in [0, 0.05) is 0 Å². The van der Waals surface area contributed by atoms with Gasteiger partial charge < -0.3 is 9.47 Å². The topological polar surface area (TPSA) is 35.5 Å². The summed E-state index contributed by atoms with van der Waals surface area (Å²) in [4.78, 5) is 10.9. The molecule has 0 heterocycles. The van der Waals surface area contributed by atoms with Crippen molar-refractivity contribution in [2.24, 2.45) is 5.41 Å². The molecule has 0 saturated heterocycles. The normalized spacial score (nSPS) is 11.1. The molecule has 3 heteroatoms. The van der Waals surface area contributed by atoms with E-state index in [2.05, 4.69) is 25.5 Å². The fourth-order valence-electron chi connectivity index (χ4n) is 1.52. The van der Waals surface area contributed by atoms with Crippen molar-refractivity contribution in [3.63, 3.8) is 0 Å². The molecular formula is C14H20O3. The van der Waals surface area contributed by atoms with Crippen LogP contribution < -0.4 is 4.74 Å². The van der Waals surface area contributed by atoms with E-state index in [4.69, 9.17) is 4.74 Å². The van der Waals surface area contributed by atoms with Crippen LogP contribution in [0.25, 0.3) is 0 Å². The summed E-state index contributed by atoms with van der Waals surface area (Å²) in [7, 11) is 1.35. The van der Waals surface area contributed by atoms with Gasteiger partial charge in [0.15, 0.2) is 6.61 Å². The number of benzene rings is 1. The van der Waals surface area contributed by atoms with Crippen LogP contribution >= 0.6 is 0 Å². The van der Waals surface area contributed by atoms with Crippen molar-refractivity contribution in [1.29, 1.82) is 0 Å². The van der Waals surface area contributed by atoms with Crippen molar-refractivity contribution in [3.05, 3.63) is 29.8 Å². The van der Waals surface area contributed by atoms with Crippen LogP contribution in [0.3, 0.4) is 0 Å². The van der Waals surface area contributed by atoms with Crippen LogP contribution in [0.15, 0.2) is 24.3 Å². The lowest BCUT2D eigenvalue weighted by Gasteiger charge is -2.18. The summed E-state index contributed by atoms with van der Waals surface area (Å²) in [5.41, 5.74) is 1.54. The molecule has 0 spiro atoms. The summed E-state index contributed by atoms with van der Waals surface area (Å²) in [6.45, 7) is 6.56. The van der Waals surface area contributed by atoms with Crippen LogP contribution in [-0.4, -0.2) is 19.7 Å². The Hall–Kier alpha value is -1.51. The zero-order valence-electron chi connectivity index (χ0n) is 10.9. The van der Waals surface area contributed by atoms with Crippen LogP contribution in [0.1, 0.15) is 26.3 Å². The second-order valence-corrected chi connectivity index (χ2v) is 5.25. The Morgan fingerprint density at radius 2 is 1.76 bits per heavy atom. The van der Waals surface area contributed by atoms with Gasteiger partial charge in [-0.05, 0) is 29.5 Å². The maximum Gasteiger partial charge on any atom is 0.343 e. The SMILES string of the molecule is COC(=O)COc1ccc(CC(C)(C)C)cc1. The molecule has 0 N–H and O–H groups in total. The van der Waals surface area contributed by atoms with Crippen LogP contribution in [0.2, 0.25) is 0 Å². The van der Waals surface area contributed by atoms with Crippen LogP contribution in [0, 0.1) is 5.41 Å². The molecular weight excluding hydrogens is 216 g/mol. The maximum absolute atomic E-state index is 10.9. The van der Waals surface area contributed by atoms with Gasteiger partial charge in [-0.1, -0.05) is 32.9 Å². The highest BCUT2D eigenvalue weighted by atomic mass is 16.6. The summed E-state index contributed by atoms with van der Waals surface area (Å²) >= 11 is 0. The fraction of sp³-hybridized carbons (Fsp3) is 0.500. The second-order valence-electron chi connectivity index (χ2n) is 5.25. The van der Waals surface area contributed by atoms with Gasteiger partial charge in [-0.25, -0.2) is 4.79 Å². The number of methoxy groups -OCH3 is 1. The minimum atomic E-state index is -0.372. The van der Waals surface area contributed by atoms with Gasteiger partial charge in [-0.2, -0.15) is 0 Å². The van der Waals surface area contributed by atoms with E-state index in [1.54, 1.807) is 0 Å². The molecule has 0 fully saturated rings. The number of carbonyl (C=O) groups excluding carboxylic acids is 1. The molecule has 0 radical (unpaired) electrons. The van der Waals surface area contributed by atoms with Gasteiger partial charge in [0.2, 0.25) is 0 Å². The lowest BCUT2D eigenvalue weighted by molar-refractivity contribution is -0.142. The molecule has 0 aliphatic rings. The summed E-state index contributed by atoms with van der Waals surface area (Å²) in [5.74, 6) is 0.317. The van der Waals surface area contributed by atoms with Gasteiger partial charge in [0.25, 0.3) is 0 Å². The Morgan fingerprint density at radius 1 is 1.18 bits per heavy atom. The van der Waals surface area contributed by atoms with Crippen LogP contribution in [-0.2, 0) is 16.0 Å². The molecule has 3 nitrogen and oxygen atoms in total. The molecule has 1 aromatic rings. The van der Waals surface area contributed by atoms with Gasteiger partial charge >= 0.3 is 5.97 Å². The van der Waals surface area contributed by atoms with E-state index < -0.39 is 0 Å². The van der Waals surface area contributed by atoms with Crippen LogP contribution in [0.5, 0.6) is 5.75 Å². The summed E-state index contributed by atoms with van der Waals surface area (Å²) in [5, 5.41) is 0. The first-order valence-electron chi connectivity index (χ1n) is 5.69. The van der Waals surface area contributed by atoms with E-state index in [9.17, 15) is 4.79 Å². The monoisotopic (exact) mass is 236 g/mol. The molecule has 0 bridgehead atoms. The van der Waals surface area contributed by atoms with E-state index in [0.29, 0.717) is 5.75 Å². The number of rotatable bonds is 4. The lowest BCUT2D eigenvalue weighted by Crippen LogP contribution is -2.12. The average Bonchev–Trinajstić information content (AvgIpc) is 2.25. The van der Waals surface area contributed by atoms with Crippen molar-refractivity contribution >= 4 is 5.97 Å². The van der Waals surface area contributed by atoms with E-state index in [-0.39, 0.29) is 18.0 Å². The Balaban J connectivity index is 2.53. The molecule has 0 atom stereocenters. The fourth-order valence-corrected chi connectivity index (χ4v) is 1.52. The Bertz CT molecular complexity index is 360. The third-order valence-electron chi connectivity index (χ3n) is 2.24. The standard InChI is InChI=1S/C14H20O3/c1-14(2,3)9-11-5-7-12(8-6-11)17-10-13(15)16-4/h5-8H,9-10H2,1-4H3. The van der Waals surface area contributed by atoms with Gasteiger partial charge in [-0.3, -0.25) is 0 Å². The number of carbonyl (C=O) groups is 1. The number of hydrogen-bond acceptors (Lipinski definition) is 3. The van der Waals surface area contributed by atoms with Crippen molar-refractivity contribution in [1.82, 2.24) is 0 Å². The Morgan fingerprint density at radius 3 is 2.24 bits per heavy atom. The molecule has 0 aromatic heterocycles. The summed E-state index contributed by atoms with van der Waals surface area (Å²) in [6, 6.07) is 7.81. The van der Waals surface area contributed by atoms with E-state index in [1.165, 1.54) is 12.7 Å². The molecule has 0 saturated carbocycles. The zero-order chi connectivity index (χ0) is 12.9. The minimum Gasteiger partial charge on any atom is -0.482 e. The van der Waals surface area contributed by atoms with Crippen molar-refractivity contribution in [2.45, 2.75) is 27.2 Å². The highest BCUT2D eigenvalue weighted by Gasteiger charge is 2.11. The number of esters is 1. The third-order valence-corrected chi connectivity index (χ3v) is 2.24. The molecule has 94 valence electrons. The Labute approximate surface area is 103 Å². The molecule has 1 aromatic carbocycles. The molecule has 0 aliphatic heterocycles. The predicted molar refractivity (Wildman–Crippen MR) is 67.1 cm³/mol. The highest BCUT2D eigenvalue weighted by molar-refractivity contribution is 5.70. The average molecular weight is 236 g/mol. The lowest BCUT2D eigenvalue weighted by atomic mass is 9.88.